The highest BCUT2D eigenvalue weighted by molar-refractivity contribution is 7.17. The molecule has 3 aromatic rings. The quantitative estimate of drug-likeness (QED) is 0.385. The number of rotatable bonds is 7. The van der Waals surface area contributed by atoms with Crippen LogP contribution < -0.4 is 11.1 Å². The van der Waals surface area contributed by atoms with Crippen molar-refractivity contribution >= 4 is 37.3 Å². The molecule has 5 nitrogen and oxygen atoms in total. The first-order chi connectivity index (χ1) is 14.0. The molecule has 1 aliphatic rings. The fourth-order valence-corrected chi connectivity index (χ4v) is 4.79. The van der Waals surface area contributed by atoms with Crippen LogP contribution in [0.3, 0.4) is 0 Å². The van der Waals surface area contributed by atoms with E-state index in [4.69, 9.17) is 10.3 Å². The van der Waals surface area contributed by atoms with Crippen LogP contribution in [0.15, 0.2) is 60.0 Å². The van der Waals surface area contributed by atoms with Crippen molar-refractivity contribution in [3.05, 3.63) is 71.1 Å². The zero-order valence-corrected chi connectivity index (χ0v) is 17.8. The summed E-state index contributed by atoms with van der Waals surface area (Å²) in [7, 11) is -0.749. The summed E-state index contributed by atoms with van der Waals surface area (Å²) in [5.41, 5.74) is 9.49. The number of carbonyl (C=O) groups is 1. The second-order valence-corrected chi connectivity index (χ2v) is 8.78. The molecule has 0 saturated heterocycles. The minimum atomic E-state index is -0.749. The second-order valence-electron chi connectivity index (χ2n) is 7.46. The summed E-state index contributed by atoms with van der Waals surface area (Å²) >= 11 is 1.64. The van der Waals surface area contributed by atoms with Crippen LogP contribution in [-0.4, -0.2) is 11.5 Å². The second kappa shape index (κ2) is 8.07. The number of nitrogens with one attached hydrogen (secondary N) is 1. The lowest BCUT2D eigenvalue weighted by Crippen LogP contribution is -2.16. The minimum Gasteiger partial charge on any atom is -0.397 e. The van der Waals surface area contributed by atoms with Gasteiger partial charge >= 0.3 is 8.69 Å². The third kappa shape index (κ3) is 4.25. The van der Waals surface area contributed by atoms with Gasteiger partial charge in [-0.05, 0) is 63.7 Å². The molecule has 0 bridgehead atoms. The van der Waals surface area contributed by atoms with E-state index in [-0.39, 0.29) is 11.5 Å². The van der Waals surface area contributed by atoms with E-state index in [9.17, 15) is 9.36 Å². The normalized spacial score (nSPS) is 20.5. The third-order valence-electron chi connectivity index (χ3n) is 5.46. The first-order valence-electron chi connectivity index (χ1n) is 9.39. The van der Waals surface area contributed by atoms with Crippen molar-refractivity contribution < 1.29 is 13.9 Å². The highest BCUT2D eigenvalue weighted by Gasteiger charge is 2.56. The number of nitrogens with two attached hydrogens (primary N) is 1. The lowest BCUT2D eigenvalue weighted by molar-refractivity contribution is 0.102. The van der Waals surface area contributed by atoms with E-state index in [0.717, 1.165) is 22.4 Å². The van der Waals surface area contributed by atoms with Crippen molar-refractivity contribution in [1.82, 2.24) is 0 Å². The van der Waals surface area contributed by atoms with E-state index in [0.29, 0.717) is 29.3 Å². The number of amides is 1. The minimum absolute atomic E-state index is 0.210. The average Bonchev–Trinajstić information content (AvgIpc) is 3.10. The fourth-order valence-electron chi connectivity index (χ4n) is 3.54. The van der Waals surface area contributed by atoms with Gasteiger partial charge in [0, 0.05) is 16.9 Å². The molecule has 1 aliphatic carbocycles. The molecular weight excluding hydrogens is 403 g/mol. The Morgan fingerprint density at radius 3 is 2.66 bits per heavy atom. The van der Waals surface area contributed by atoms with Gasteiger partial charge < -0.3 is 11.1 Å². The van der Waals surface area contributed by atoms with Crippen LogP contribution in [0.2, 0.25) is 0 Å². The summed E-state index contributed by atoms with van der Waals surface area (Å²) in [5, 5.41) is 4.93. The molecule has 4 rings (SSSR count). The number of hydrogen-bond donors (Lipinski definition) is 2. The van der Waals surface area contributed by atoms with Crippen molar-refractivity contribution in [3.8, 4) is 10.4 Å². The molecule has 3 atom stereocenters. The van der Waals surface area contributed by atoms with Gasteiger partial charge in [-0.15, -0.1) is 15.9 Å². The molecule has 1 saturated carbocycles. The maximum atomic E-state index is 12.7. The van der Waals surface area contributed by atoms with Crippen molar-refractivity contribution in [2.45, 2.75) is 25.4 Å². The van der Waals surface area contributed by atoms with Crippen molar-refractivity contribution in [2.24, 2.45) is 5.92 Å². The number of nitrogen functional groups attached to an aromatic ring is 1. The van der Waals surface area contributed by atoms with Gasteiger partial charge in [0.1, 0.15) is 5.60 Å². The Kier molecular flexibility index (Phi) is 5.50. The summed E-state index contributed by atoms with van der Waals surface area (Å²) in [5.74, 6) is 0.184. The lowest BCUT2D eigenvalue weighted by atomic mass is 10.0. The molecule has 1 aromatic heterocycles. The molecule has 29 heavy (non-hydrogen) atoms. The van der Waals surface area contributed by atoms with Gasteiger partial charge in [-0.25, -0.2) is 0 Å². The summed E-state index contributed by atoms with van der Waals surface area (Å²) in [6.45, 7) is 2.09. The van der Waals surface area contributed by atoms with Crippen LogP contribution in [0.4, 0.5) is 11.4 Å². The lowest BCUT2D eigenvalue weighted by Gasteiger charge is -2.12. The Morgan fingerprint density at radius 1 is 1.28 bits per heavy atom. The molecular formula is C22H22N2O3PS+. The van der Waals surface area contributed by atoms with Crippen LogP contribution in [-0.2, 0) is 15.5 Å². The van der Waals surface area contributed by atoms with E-state index in [2.05, 4.69) is 12.2 Å². The summed E-state index contributed by atoms with van der Waals surface area (Å²) in [6.07, 6.45) is 1.60. The van der Waals surface area contributed by atoms with E-state index in [1.807, 2.05) is 41.8 Å². The molecule has 1 fully saturated rings. The Balaban J connectivity index is 1.46. The Bertz CT molecular complexity index is 1040. The Hall–Kier alpha value is -2.53. The van der Waals surface area contributed by atoms with E-state index < -0.39 is 8.69 Å². The fraction of sp³-hybridized carbons (Fsp3) is 0.227. The van der Waals surface area contributed by atoms with Gasteiger partial charge in [-0.1, -0.05) is 31.2 Å². The van der Waals surface area contributed by atoms with E-state index in [1.165, 1.54) is 0 Å². The molecule has 3 unspecified atom stereocenters. The standard InChI is InChI=1S/C22H21N2O3PS/c1-14-12-22(14,27-28-26)13-15-4-6-16(7-5-15)21(25)24-19-11-17(8-9-18(19)23)20-3-2-10-29-20/h2-11,14,28H,12-13,23H2,1H3/p+1. The topological polar surface area (TPSA) is 81.4 Å². The summed E-state index contributed by atoms with van der Waals surface area (Å²) in [4.78, 5) is 13.8. The van der Waals surface area contributed by atoms with Gasteiger partial charge in [0.25, 0.3) is 5.91 Å². The van der Waals surface area contributed by atoms with E-state index >= 15 is 0 Å². The largest absolute Gasteiger partial charge is 0.494 e. The van der Waals surface area contributed by atoms with Gasteiger partial charge in [-0.2, -0.15) is 0 Å². The first-order valence-corrected chi connectivity index (χ1v) is 11.1. The van der Waals surface area contributed by atoms with E-state index in [1.54, 1.807) is 29.5 Å². The zero-order chi connectivity index (χ0) is 20.4. The Morgan fingerprint density at radius 2 is 2.03 bits per heavy atom. The number of hydrogen-bond acceptors (Lipinski definition) is 5. The average molecular weight is 425 g/mol. The number of carbonyl (C=O) groups excluding carboxylic acids is 1. The van der Waals surface area contributed by atoms with Crippen molar-refractivity contribution in [2.75, 3.05) is 11.1 Å². The van der Waals surface area contributed by atoms with Crippen LogP contribution in [0.1, 0.15) is 29.3 Å². The molecule has 2 aromatic carbocycles. The first kappa shape index (κ1) is 19.8. The molecule has 1 amide bonds. The zero-order valence-electron chi connectivity index (χ0n) is 16.0. The monoisotopic (exact) mass is 425 g/mol. The van der Waals surface area contributed by atoms with Crippen LogP contribution in [0.25, 0.3) is 10.4 Å². The summed E-state index contributed by atoms with van der Waals surface area (Å²) in [6, 6.07) is 17.1. The predicted molar refractivity (Wildman–Crippen MR) is 119 cm³/mol. The highest BCUT2D eigenvalue weighted by atomic mass is 32.1. The van der Waals surface area contributed by atoms with Crippen molar-refractivity contribution in [3.63, 3.8) is 0 Å². The highest BCUT2D eigenvalue weighted by Crippen LogP contribution is 2.50. The number of anilines is 2. The van der Waals surface area contributed by atoms with Crippen LogP contribution >= 0.6 is 20.0 Å². The van der Waals surface area contributed by atoms with Gasteiger partial charge in [0.05, 0.1) is 11.4 Å². The van der Waals surface area contributed by atoms with Gasteiger partial charge in [-0.3, -0.25) is 4.79 Å². The predicted octanol–water partition coefficient (Wildman–Crippen LogP) is 5.53. The number of benzene rings is 2. The number of thiophene rings is 1. The van der Waals surface area contributed by atoms with Crippen molar-refractivity contribution in [1.29, 1.82) is 0 Å². The third-order valence-corrected chi connectivity index (χ3v) is 6.87. The van der Waals surface area contributed by atoms with Gasteiger partial charge in [0.2, 0.25) is 0 Å². The maximum Gasteiger partial charge on any atom is 0.494 e. The van der Waals surface area contributed by atoms with Crippen LogP contribution in [0, 0.1) is 5.92 Å². The molecule has 148 valence electrons. The molecule has 1 heterocycles. The molecule has 7 heteroatoms. The molecule has 0 radical (unpaired) electrons. The Labute approximate surface area is 175 Å². The smallest absolute Gasteiger partial charge is 0.397 e. The summed E-state index contributed by atoms with van der Waals surface area (Å²) < 4.78 is 16.4. The van der Waals surface area contributed by atoms with Gasteiger partial charge in [0.15, 0.2) is 0 Å². The maximum absolute atomic E-state index is 12.7. The molecule has 0 aliphatic heterocycles. The molecule has 0 spiro atoms. The van der Waals surface area contributed by atoms with Crippen LogP contribution in [0.5, 0.6) is 0 Å². The molecule has 3 N–H and O–H groups in total. The SMILES string of the molecule is CC1CC1(Cc1ccc(C(=O)Nc2cc(-c3cccs3)ccc2N)cc1)O[PH+]=O.